The monoisotopic (exact) mass is 212 g/mol. The zero-order valence-electron chi connectivity index (χ0n) is 10.0. The van der Waals surface area contributed by atoms with Crippen LogP contribution in [0.15, 0.2) is 0 Å². The van der Waals surface area contributed by atoms with E-state index in [1.807, 2.05) is 0 Å². The molecule has 1 rings (SSSR count). The van der Waals surface area contributed by atoms with E-state index < -0.39 is 0 Å². The lowest BCUT2D eigenvalue weighted by Crippen LogP contribution is -2.47. The van der Waals surface area contributed by atoms with Gasteiger partial charge in [-0.05, 0) is 32.2 Å². The minimum Gasteiger partial charge on any atom is -0.352 e. The molecule has 0 spiro atoms. The van der Waals surface area contributed by atoms with Gasteiger partial charge in [-0.1, -0.05) is 26.7 Å². The first-order chi connectivity index (χ1) is 7.27. The molecule has 0 radical (unpaired) electrons. The molecule has 1 aliphatic rings. The van der Waals surface area contributed by atoms with Crippen LogP contribution < -0.4 is 10.6 Å². The summed E-state index contributed by atoms with van der Waals surface area (Å²) in [6.07, 6.45) is 6.67. The van der Waals surface area contributed by atoms with Gasteiger partial charge in [-0.25, -0.2) is 0 Å². The van der Waals surface area contributed by atoms with E-state index in [9.17, 15) is 4.79 Å². The molecule has 1 saturated heterocycles. The van der Waals surface area contributed by atoms with Crippen molar-refractivity contribution in [2.45, 2.75) is 64.5 Å². The lowest BCUT2D eigenvalue weighted by Gasteiger charge is -2.20. The van der Waals surface area contributed by atoms with Crippen LogP contribution in [0.1, 0.15) is 52.4 Å². The van der Waals surface area contributed by atoms with Crippen molar-refractivity contribution in [1.82, 2.24) is 10.6 Å². The number of amides is 1. The summed E-state index contributed by atoms with van der Waals surface area (Å²) in [5, 5.41) is 6.44. The molecule has 0 aromatic heterocycles. The van der Waals surface area contributed by atoms with Crippen LogP contribution in [0.3, 0.4) is 0 Å². The van der Waals surface area contributed by atoms with E-state index in [4.69, 9.17) is 0 Å². The summed E-state index contributed by atoms with van der Waals surface area (Å²) in [6, 6.07) is 0.399. The van der Waals surface area contributed by atoms with Crippen LogP contribution in [0.4, 0.5) is 0 Å². The summed E-state index contributed by atoms with van der Waals surface area (Å²) in [5.74, 6) is 0.200. The topological polar surface area (TPSA) is 41.1 Å². The number of hydrogen-bond acceptors (Lipinski definition) is 2. The summed E-state index contributed by atoms with van der Waals surface area (Å²) in [5.41, 5.74) is 0. The Hall–Kier alpha value is -0.570. The SMILES string of the molecule is CCC(CC)NC(=O)C1CCCCCN1. The van der Waals surface area contributed by atoms with Crippen LogP contribution in [0.5, 0.6) is 0 Å². The summed E-state index contributed by atoms with van der Waals surface area (Å²) in [6.45, 7) is 5.23. The predicted molar refractivity (Wildman–Crippen MR) is 62.8 cm³/mol. The standard InChI is InChI=1S/C12H24N2O/c1-3-10(4-2)14-12(15)11-8-6-5-7-9-13-11/h10-11,13H,3-9H2,1-2H3,(H,14,15). The van der Waals surface area contributed by atoms with Gasteiger partial charge < -0.3 is 10.6 Å². The maximum absolute atomic E-state index is 11.9. The van der Waals surface area contributed by atoms with E-state index in [1.54, 1.807) is 0 Å². The molecule has 1 atom stereocenters. The van der Waals surface area contributed by atoms with Crippen LogP contribution in [0, 0.1) is 0 Å². The van der Waals surface area contributed by atoms with Gasteiger partial charge >= 0.3 is 0 Å². The Labute approximate surface area is 93.0 Å². The Balaban J connectivity index is 2.36. The third kappa shape index (κ3) is 4.20. The van der Waals surface area contributed by atoms with Gasteiger partial charge in [0.25, 0.3) is 0 Å². The third-order valence-corrected chi connectivity index (χ3v) is 3.21. The van der Waals surface area contributed by atoms with Crippen molar-refractivity contribution in [3.8, 4) is 0 Å². The van der Waals surface area contributed by atoms with Gasteiger partial charge in [-0.3, -0.25) is 4.79 Å². The summed E-state index contributed by atoms with van der Waals surface area (Å²) >= 11 is 0. The molecular formula is C12H24N2O. The van der Waals surface area contributed by atoms with Gasteiger partial charge in [-0.2, -0.15) is 0 Å². The first kappa shape index (κ1) is 12.5. The van der Waals surface area contributed by atoms with E-state index in [0.717, 1.165) is 25.8 Å². The molecule has 0 bridgehead atoms. The van der Waals surface area contributed by atoms with Crippen LogP contribution in [-0.4, -0.2) is 24.5 Å². The Bertz CT molecular complexity index is 182. The zero-order chi connectivity index (χ0) is 11.1. The largest absolute Gasteiger partial charge is 0.352 e. The smallest absolute Gasteiger partial charge is 0.237 e. The fourth-order valence-electron chi connectivity index (χ4n) is 2.05. The van der Waals surface area contributed by atoms with Gasteiger partial charge in [0.2, 0.25) is 5.91 Å². The molecule has 1 fully saturated rings. The summed E-state index contributed by atoms with van der Waals surface area (Å²) < 4.78 is 0. The average molecular weight is 212 g/mol. The second-order valence-corrected chi connectivity index (χ2v) is 4.38. The maximum atomic E-state index is 11.9. The van der Waals surface area contributed by atoms with E-state index in [-0.39, 0.29) is 11.9 Å². The normalized spacial score (nSPS) is 22.5. The van der Waals surface area contributed by atoms with Crippen molar-refractivity contribution in [1.29, 1.82) is 0 Å². The molecule has 1 amide bonds. The van der Waals surface area contributed by atoms with Gasteiger partial charge in [0.05, 0.1) is 6.04 Å². The third-order valence-electron chi connectivity index (χ3n) is 3.21. The molecule has 1 unspecified atom stereocenters. The highest BCUT2D eigenvalue weighted by Gasteiger charge is 2.20. The van der Waals surface area contributed by atoms with Crippen molar-refractivity contribution in [3.05, 3.63) is 0 Å². The molecule has 0 aromatic rings. The highest BCUT2D eigenvalue weighted by molar-refractivity contribution is 5.82. The maximum Gasteiger partial charge on any atom is 0.237 e. The Morgan fingerprint density at radius 1 is 1.33 bits per heavy atom. The minimum absolute atomic E-state index is 0.0492. The highest BCUT2D eigenvalue weighted by Crippen LogP contribution is 2.09. The van der Waals surface area contributed by atoms with Crippen LogP contribution >= 0.6 is 0 Å². The molecule has 0 saturated carbocycles. The average Bonchev–Trinajstić information content (AvgIpc) is 2.54. The lowest BCUT2D eigenvalue weighted by atomic mass is 10.1. The number of carbonyl (C=O) groups excluding carboxylic acids is 1. The highest BCUT2D eigenvalue weighted by atomic mass is 16.2. The first-order valence-electron chi connectivity index (χ1n) is 6.31. The number of hydrogen-bond donors (Lipinski definition) is 2. The summed E-state index contributed by atoms with van der Waals surface area (Å²) in [7, 11) is 0. The fourth-order valence-corrected chi connectivity index (χ4v) is 2.05. The molecule has 3 nitrogen and oxygen atoms in total. The molecule has 15 heavy (non-hydrogen) atoms. The van der Waals surface area contributed by atoms with Crippen molar-refractivity contribution in [2.75, 3.05) is 6.54 Å². The molecule has 0 aromatic carbocycles. The van der Waals surface area contributed by atoms with Gasteiger partial charge in [0, 0.05) is 6.04 Å². The summed E-state index contributed by atoms with van der Waals surface area (Å²) in [4.78, 5) is 11.9. The second kappa shape index (κ2) is 6.83. The molecule has 3 heteroatoms. The van der Waals surface area contributed by atoms with Crippen molar-refractivity contribution < 1.29 is 4.79 Å². The lowest BCUT2D eigenvalue weighted by molar-refractivity contribution is -0.124. The van der Waals surface area contributed by atoms with Crippen molar-refractivity contribution in [3.63, 3.8) is 0 Å². The fraction of sp³-hybridized carbons (Fsp3) is 0.917. The quantitative estimate of drug-likeness (QED) is 0.746. The molecule has 1 aliphatic heterocycles. The Morgan fingerprint density at radius 3 is 2.73 bits per heavy atom. The molecular weight excluding hydrogens is 188 g/mol. The van der Waals surface area contributed by atoms with Crippen LogP contribution in [0.2, 0.25) is 0 Å². The zero-order valence-corrected chi connectivity index (χ0v) is 10.0. The van der Waals surface area contributed by atoms with Crippen molar-refractivity contribution in [2.24, 2.45) is 0 Å². The molecule has 1 heterocycles. The van der Waals surface area contributed by atoms with E-state index in [2.05, 4.69) is 24.5 Å². The van der Waals surface area contributed by atoms with Crippen LogP contribution in [0.25, 0.3) is 0 Å². The predicted octanol–water partition coefficient (Wildman–Crippen LogP) is 1.82. The Kier molecular flexibility index (Phi) is 5.69. The number of carbonyl (C=O) groups is 1. The Morgan fingerprint density at radius 2 is 2.07 bits per heavy atom. The van der Waals surface area contributed by atoms with E-state index >= 15 is 0 Å². The minimum atomic E-state index is 0.0492. The van der Waals surface area contributed by atoms with E-state index in [1.165, 1.54) is 19.3 Å². The first-order valence-corrected chi connectivity index (χ1v) is 6.31. The molecule has 88 valence electrons. The molecule has 0 aliphatic carbocycles. The van der Waals surface area contributed by atoms with Crippen molar-refractivity contribution >= 4 is 5.91 Å². The van der Waals surface area contributed by atoms with E-state index in [0.29, 0.717) is 6.04 Å². The number of rotatable bonds is 4. The van der Waals surface area contributed by atoms with Gasteiger partial charge in [-0.15, -0.1) is 0 Å². The van der Waals surface area contributed by atoms with Gasteiger partial charge in [0.15, 0.2) is 0 Å². The second-order valence-electron chi connectivity index (χ2n) is 4.38. The van der Waals surface area contributed by atoms with Gasteiger partial charge in [0.1, 0.15) is 0 Å². The molecule has 2 N–H and O–H groups in total. The van der Waals surface area contributed by atoms with Crippen LogP contribution in [-0.2, 0) is 4.79 Å². The number of nitrogens with one attached hydrogen (secondary N) is 2.